The molecule has 322 valence electrons. The molecule has 4 aliphatic carbocycles. The average molecular weight is 822 g/mol. The first kappa shape index (κ1) is 47.9. The van der Waals surface area contributed by atoms with Crippen LogP contribution in [0.15, 0.2) is 21.6 Å². The first-order chi connectivity index (χ1) is 26.7. The Labute approximate surface area is 347 Å². The molecule has 0 radical (unpaired) electrons. The summed E-state index contributed by atoms with van der Waals surface area (Å²) in [5.74, 6) is 5.81. The first-order valence-electron chi connectivity index (χ1n) is 21.7. The summed E-state index contributed by atoms with van der Waals surface area (Å²) in [6, 6.07) is -0.142. The summed E-state index contributed by atoms with van der Waals surface area (Å²) in [5, 5.41) is 5.91. The number of alkyl carbamates (subject to hydrolysis) is 1. The fourth-order valence-corrected chi connectivity index (χ4v) is 11.7. The van der Waals surface area contributed by atoms with Crippen molar-refractivity contribution in [2.24, 2.45) is 73.3 Å². The van der Waals surface area contributed by atoms with Gasteiger partial charge in [-0.1, -0.05) is 100 Å². The summed E-state index contributed by atoms with van der Waals surface area (Å²) >= 11 is 0. The number of aliphatic imine (C=N–C) groups is 2. The summed E-state index contributed by atoms with van der Waals surface area (Å²) in [6.45, 7) is 17.4. The molecule has 4 aliphatic rings. The third-order valence-corrected chi connectivity index (χ3v) is 15.6. The van der Waals surface area contributed by atoms with Crippen LogP contribution in [0.3, 0.4) is 0 Å². The van der Waals surface area contributed by atoms with Crippen LogP contribution in [0.2, 0.25) is 0 Å². The van der Waals surface area contributed by atoms with Gasteiger partial charge in [-0.05, 0) is 98.2 Å². The van der Waals surface area contributed by atoms with Crippen molar-refractivity contribution in [2.75, 3.05) is 50.8 Å². The molecule has 0 aliphatic heterocycles. The van der Waals surface area contributed by atoms with Crippen molar-refractivity contribution < 1.29 is 14.3 Å². The molecule has 7 unspecified atom stereocenters. The van der Waals surface area contributed by atoms with Crippen molar-refractivity contribution in [2.45, 2.75) is 138 Å². The van der Waals surface area contributed by atoms with Crippen LogP contribution in [0.5, 0.6) is 0 Å². The van der Waals surface area contributed by atoms with Crippen LogP contribution in [-0.2, 0) is 4.74 Å². The van der Waals surface area contributed by atoms with E-state index < -0.39 is 0 Å². The van der Waals surface area contributed by atoms with E-state index in [9.17, 15) is 9.59 Å². The second kappa shape index (κ2) is 24.4. The van der Waals surface area contributed by atoms with Crippen LogP contribution >= 0.6 is 21.6 Å². The van der Waals surface area contributed by atoms with E-state index in [-0.39, 0.29) is 35.6 Å². The number of allylic oxidation sites excluding steroid dienone is 1. The second-order valence-corrected chi connectivity index (χ2v) is 20.3. The van der Waals surface area contributed by atoms with E-state index in [0.717, 1.165) is 60.4 Å². The molecular formula is C42H79N9O3S2. The monoisotopic (exact) mass is 822 g/mol. The lowest BCUT2D eigenvalue weighted by molar-refractivity contribution is -0.0485. The molecule has 0 spiro atoms. The van der Waals surface area contributed by atoms with Crippen molar-refractivity contribution in [1.82, 2.24) is 15.5 Å². The zero-order valence-corrected chi connectivity index (χ0v) is 37.4. The highest BCUT2D eigenvalue weighted by atomic mass is 33.1. The fourth-order valence-electron chi connectivity index (χ4n) is 9.86. The van der Waals surface area contributed by atoms with Gasteiger partial charge in [0, 0.05) is 57.2 Å². The summed E-state index contributed by atoms with van der Waals surface area (Å²) in [4.78, 5) is 35.1. The molecule has 10 N–H and O–H groups in total. The topological polar surface area (TPSA) is 199 Å². The number of urea groups is 1. The second-order valence-electron chi connectivity index (χ2n) is 17.6. The molecule has 0 aromatic rings. The molecule has 3 fully saturated rings. The van der Waals surface area contributed by atoms with Crippen LogP contribution < -0.4 is 33.6 Å². The molecule has 3 saturated carbocycles. The number of carbonyl (C=O) groups is 2. The highest BCUT2D eigenvalue weighted by molar-refractivity contribution is 8.76. The Morgan fingerprint density at radius 3 is 2.14 bits per heavy atom. The molecule has 3 amide bonds. The van der Waals surface area contributed by atoms with Crippen LogP contribution in [0, 0.1) is 40.4 Å². The molecule has 0 saturated heterocycles. The Morgan fingerprint density at radius 2 is 1.54 bits per heavy atom. The highest BCUT2D eigenvalue weighted by Crippen LogP contribution is 2.66. The van der Waals surface area contributed by atoms with Gasteiger partial charge in [0.25, 0.3) is 0 Å². The minimum atomic E-state index is -0.316. The minimum absolute atomic E-state index is 0.0375. The van der Waals surface area contributed by atoms with Gasteiger partial charge in [-0.15, -0.1) is 0 Å². The van der Waals surface area contributed by atoms with Crippen molar-refractivity contribution in [3.8, 4) is 0 Å². The van der Waals surface area contributed by atoms with Crippen molar-refractivity contribution >= 4 is 45.6 Å². The van der Waals surface area contributed by atoms with Gasteiger partial charge >= 0.3 is 12.1 Å². The standard InChI is InChI=1S/C34H61N9O3S2.C8H18/c1-23-6-9-27-26-8-7-24-22-25(10-12-34(24,3)28(26)11-13-33(23,27)2)46-32(45)42-17-21-48-47-20-16-41-31(44)43(18-4-14-39-29(35)36)19-5-15-40-30(37)38;1-4-5-6-7-8(2)3/h7,23,25-28H,4-6,8-22H2,1-3H3,(H,41,44)(H,42,45)(H4,35,36,39)(H4,37,38,40);8H,4-7H2,1-3H3. The molecule has 4 rings (SSSR count). The quantitative estimate of drug-likeness (QED) is 0.0235. The number of nitrogens with two attached hydrogens (primary N) is 4. The highest BCUT2D eigenvalue weighted by Gasteiger charge is 2.57. The minimum Gasteiger partial charge on any atom is -0.446 e. The van der Waals surface area contributed by atoms with E-state index in [1.54, 1.807) is 32.1 Å². The van der Waals surface area contributed by atoms with Crippen LogP contribution in [0.1, 0.15) is 131 Å². The van der Waals surface area contributed by atoms with E-state index in [1.165, 1.54) is 57.8 Å². The Hall–Kier alpha value is -2.48. The molecule has 56 heavy (non-hydrogen) atoms. The van der Waals surface area contributed by atoms with Crippen LogP contribution in [0.25, 0.3) is 0 Å². The number of unbranched alkanes of at least 4 members (excludes halogenated alkanes) is 2. The largest absolute Gasteiger partial charge is 0.446 e. The maximum atomic E-state index is 12.8. The van der Waals surface area contributed by atoms with Gasteiger partial charge in [0.05, 0.1) is 0 Å². The Kier molecular flexibility index (Phi) is 20.9. The van der Waals surface area contributed by atoms with Gasteiger partial charge in [0.1, 0.15) is 6.10 Å². The maximum Gasteiger partial charge on any atom is 0.407 e. The number of nitrogens with zero attached hydrogens (tertiary/aromatic N) is 3. The Balaban J connectivity index is 0.000000946. The Morgan fingerprint density at radius 1 is 0.893 bits per heavy atom. The lowest BCUT2D eigenvalue weighted by Gasteiger charge is -2.58. The summed E-state index contributed by atoms with van der Waals surface area (Å²) in [5.41, 5.74) is 23.9. The summed E-state index contributed by atoms with van der Waals surface area (Å²) in [7, 11) is 3.33. The van der Waals surface area contributed by atoms with Crippen LogP contribution in [-0.4, -0.2) is 85.8 Å². The van der Waals surface area contributed by atoms with Gasteiger partial charge in [0.15, 0.2) is 11.9 Å². The number of ether oxygens (including phenoxy) is 1. The molecule has 0 heterocycles. The third-order valence-electron chi connectivity index (χ3n) is 13.2. The number of fused-ring (bicyclic) bond motifs is 5. The van der Waals surface area contributed by atoms with Crippen molar-refractivity contribution in [3.63, 3.8) is 0 Å². The Bertz CT molecular complexity index is 1270. The van der Waals surface area contributed by atoms with Crippen molar-refractivity contribution in [3.05, 3.63) is 11.6 Å². The molecule has 0 aromatic heterocycles. The number of hydrogen-bond acceptors (Lipinski definition) is 7. The molecule has 0 bridgehead atoms. The zero-order valence-electron chi connectivity index (χ0n) is 35.8. The van der Waals surface area contributed by atoms with E-state index in [2.05, 4.69) is 68.2 Å². The molecule has 12 nitrogen and oxygen atoms in total. The third kappa shape index (κ3) is 15.0. The predicted octanol–water partition coefficient (Wildman–Crippen LogP) is 7.62. The summed E-state index contributed by atoms with van der Waals surface area (Å²) in [6.07, 6.45) is 18.8. The fraction of sp³-hybridized carbons (Fsp3) is 0.857. The van der Waals surface area contributed by atoms with E-state index in [4.69, 9.17) is 27.7 Å². The number of carbonyl (C=O) groups excluding carboxylic acids is 2. The lowest BCUT2D eigenvalue weighted by atomic mass is 9.47. The molecule has 7 atom stereocenters. The van der Waals surface area contributed by atoms with Gasteiger partial charge in [-0.2, -0.15) is 0 Å². The number of nitrogens with one attached hydrogen (secondary N) is 2. The van der Waals surface area contributed by atoms with Crippen molar-refractivity contribution in [1.29, 1.82) is 0 Å². The van der Waals surface area contributed by atoms with Crippen LogP contribution in [0.4, 0.5) is 9.59 Å². The van der Waals surface area contributed by atoms with E-state index >= 15 is 0 Å². The van der Waals surface area contributed by atoms with E-state index in [1.807, 2.05) is 0 Å². The van der Waals surface area contributed by atoms with Gasteiger partial charge in [-0.3, -0.25) is 9.98 Å². The smallest absolute Gasteiger partial charge is 0.407 e. The van der Waals surface area contributed by atoms with Gasteiger partial charge < -0.3 is 43.2 Å². The number of amides is 3. The molecule has 0 aromatic carbocycles. The van der Waals surface area contributed by atoms with E-state index in [0.29, 0.717) is 57.5 Å². The SMILES string of the molecule is CC1CCC2C3CC=C4CC(OC(=O)NCCSSCCNC(=O)N(CCCN=C(N)N)CCCN=C(N)N)CCC4(C)C3CCC12C.CCCCCC(C)C. The lowest BCUT2D eigenvalue weighted by Crippen LogP contribution is -2.50. The van der Waals surface area contributed by atoms with Gasteiger partial charge in [0.2, 0.25) is 0 Å². The number of rotatable bonds is 20. The maximum absolute atomic E-state index is 12.8. The zero-order chi connectivity index (χ0) is 41.1. The normalized spacial score (nSPS) is 27.6. The number of guanidine groups is 2. The predicted molar refractivity (Wildman–Crippen MR) is 239 cm³/mol. The average Bonchev–Trinajstić information content (AvgIpc) is 3.45. The summed E-state index contributed by atoms with van der Waals surface area (Å²) < 4.78 is 5.91. The first-order valence-corrected chi connectivity index (χ1v) is 24.2. The molecular weight excluding hydrogens is 743 g/mol. The number of hydrogen-bond donors (Lipinski definition) is 6. The van der Waals surface area contributed by atoms with Gasteiger partial charge in [-0.25, -0.2) is 9.59 Å². The molecule has 14 heteroatoms.